The van der Waals surface area contributed by atoms with Crippen LogP contribution in [0.25, 0.3) is 0 Å². The number of carbonyl (C=O) groups is 1. The molecule has 3 aromatic carbocycles. The number of ketones is 1. The number of nitrogens with zero attached hydrogens (tertiary/aromatic N) is 1. The number of piperidine rings is 1. The molecule has 35 heavy (non-hydrogen) atoms. The standard InChI is InChI=1S/C29H32Cl2N2O2/c1-35-19-18-33-16-14-22(15-17-33)28(32-24-12-13-25(30)26(31)20-24)27(21-8-4-2-5-9-21)29(34)23-10-6-3-7-11-23/h2-13,20,22,27-28,32H,14-19H2,1H3. The lowest BCUT2D eigenvalue weighted by Crippen LogP contribution is -2.45. The largest absolute Gasteiger partial charge is 0.383 e. The summed E-state index contributed by atoms with van der Waals surface area (Å²) in [6.07, 6.45) is 1.99. The second kappa shape index (κ2) is 12.5. The Bertz CT molecular complexity index is 1090. The van der Waals surface area contributed by atoms with Gasteiger partial charge in [0.2, 0.25) is 0 Å². The average Bonchev–Trinajstić information content (AvgIpc) is 2.90. The van der Waals surface area contributed by atoms with E-state index in [0.29, 0.717) is 16.0 Å². The molecule has 0 aromatic heterocycles. The Morgan fingerprint density at radius 3 is 2.26 bits per heavy atom. The van der Waals surface area contributed by atoms with Gasteiger partial charge in [-0.25, -0.2) is 0 Å². The van der Waals surface area contributed by atoms with Crippen LogP contribution in [0.4, 0.5) is 5.69 Å². The fourth-order valence-corrected chi connectivity index (χ4v) is 5.27. The summed E-state index contributed by atoms with van der Waals surface area (Å²) in [7, 11) is 1.74. The van der Waals surface area contributed by atoms with Gasteiger partial charge in [0.25, 0.3) is 0 Å². The summed E-state index contributed by atoms with van der Waals surface area (Å²) >= 11 is 12.5. The van der Waals surface area contributed by atoms with Crippen molar-refractivity contribution in [3.05, 3.63) is 100 Å². The van der Waals surface area contributed by atoms with E-state index >= 15 is 0 Å². The molecule has 0 amide bonds. The molecule has 1 saturated heterocycles. The molecule has 1 fully saturated rings. The van der Waals surface area contributed by atoms with E-state index in [9.17, 15) is 4.79 Å². The van der Waals surface area contributed by atoms with Gasteiger partial charge in [0.15, 0.2) is 5.78 Å². The van der Waals surface area contributed by atoms with Crippen molar-refractivity contribution in [1.29, 1.82) is 0 Å². The van der Waals surface area contributed by atoms with E-state index < -0.39 is 0 Å². The van der Waals surface area contributed by atoms with E-state index in [1.807, 2.05) is 60.7 Å². The number of hydrogen-bond acceptors (Lipinski definition) is 4. The van der Waals surface area contributed by atoms with Crippen molar-refractivity contribution in [2.24, 2.45) is 5.92 Å². The van der Waals surface area contributed by atoms with Crippen molar-refractivity contribution >= 4 is 34.7 Å². The summed E-state index contributed by atoms with van der Waals surface area (Å²) in [6, 6.07) is 25.2. The molecule has 1 aliphatic heterocycles. The number of rotatable bonds is 10. The molecule has 1 aliphatic rings. The summed E-state index contributed by atoms with van der Waals surface area (Å²) in [4.78, 5) is 16.5. The highest BCUT2D eigenvalue weighted by molar-refractivity contribution is 6.42. The molecule has 0 saturated carbocycles. The molecule has 4 nitrogen and oxygen atoms in total. The van der Waals surface area contributed by atoms with Crippen LogP contribution in [0.2, 0.25) is 10.0 Å². The van der Waals surface area contributed by atoms with E-state index in [2.05, 4.69) is 22.3 Å². The number of methoxy groups -OCH3 is 1. The van der Waals surface area contributed by atoms with Crippen molar-refractivity contribution in [3.63, 3.8) is 0 Å². The minimum absolute atomic E-state index is 0.105. The van der Waals surface area contributed by atoms with Gasteiger partial charge in [-0.3, -0.25) is 4.79 Å². The van der Waals surface area contributed by atoms with Crippen LogP contribution in [-0.4, -0.2) is 50.1 Å². The molecule has 6 heteroatoms. The van der Waals surface area contributed by atoms with Crippen LogP contribution < -0.4 is 5.32 Å². The molecule has 2 unspecified atom stereocenters. The van der Waals surface area contributed by atoms with Crippen LogP contribution in [0.3, 0.4) is 0 Å². The Morgan fingerprint density at radius 2 is 1.63 bits per heavy atom. The van der Waals surface area contributed by atoms with Gasteiger partial charge >= 0.3 is 0 Å². The number of ether oxygens (including phenoxy) is 1. The van der Waals surface area contributed by atoms with Gasteiger partial charge in [-0.2, -0.15) is 0 Å². The third-order valence-corrected chi connectivity index (χ3v) is 7.60. The minimum Gasteiger partial charge on any atom is -0.383 e. The van der Waals surface area contributed by atoms with Crippen molar-refractivity contribution in [2.75, 3.05) is 38.7 Å². The maximum atomic E-state index is 14.0. The lowest BCUT2D eigenvalue weighted by Gasteiger charge is -2.40. The summed E-state index contributed by atoms with van der Waals surface area (Å²) in [6.45, 7) is 3.62. The van der Waals surface area contributed by atoms with Gasteiger partial charge < -0.3 is 15.0 Å². The topological polar surface area (TPSA) is 41.6 Å². The van der Waals surface area contributed by atoms with Gasteiger partial charge in [-0.05, 0) is 55.6 Å². The SMILES string of the molecule is COCCN1CCC(C(Nc2ccc(Cl)c(Cl)c2)C(C(=O)c2ccccc2)c2ccccc2)CC1. The Balaban J connectivity index is 1.69. The van der Waals surface area contributed by atoms with Gasteiger partial charge in [0.05, 0.1) is 22.6 Å². The Hall–Kier alpha value is -2.37. The van der Waals surface area contributed by atoms with Crippen molar-refractivity contribution in [3.8, 4) is 0 Å². The average molecular weight is 511 g/mol. The molecule has 1 heterocycles. The zero-order valence-electron chi connectivity index (χ0n) is 20.0. The second-order valence-electron chi connectivity index (χ2n) is 9.09. The zero-order chi connectivity index (χ0) is 24.6. The molecule has 2 atom stereocenters. The molecular weight excluding hydrogens is 479 g/mol. The number of halogens is 2. The normalized spacial score (nSPS) is 16.5. The third-order valence-electron chi connectivity index (χ3n) is 6.86. The molecule has 0 aliphatic carbocycles. The minimum atomic E-state index is -0.344. The van der Waals surface area contributed by atoms with E-state index in [1.165, 1.54) is 0 Å². The van der Waals surface area contributed by atoms with Crippen molar-refractivity contribution < 1.29 is 9.53 Å². The number of hydrogen-bond donors (Lipinski definition) is 1. The summed E-state index contributed by atoms with van der Waals surface area (Å²) in [5.74, 6) is 0.0841. The first-order valence-electron chi connectivity index (χ1n) is 12.1. The van der Waals surface area contributed by atoms with E-state index in [0.717, 1.165) is 55.9 Å². The quantitative estimate of drug-likeness (QED) is 0.304. The van der Waals surface area contributed by atoms with E-state index in [4.69, 9.17) is 27.9 Å². The van der Waals surface area contributed by atoms with Crippen LogP contribution in [0, 0.1) is 5.92 Å². The maximum absolute atomic E-state index is 14.0. The number of carbonyl (C=O) groups excluding carboxylic acids is 1. The smallest absolute Gasteiger partial charge is 0.172 e. The molecule has 3 aromatic rings. The highest BCUT2D eigenvalue weighted by atomic mass is 35.5. The van der Waals surface area contributed by atoms with Gasteiger partial charge in [0, 0.05) is 30.9 Å². The van der Waals surface area contributed by atoms with Crippen molar-refractivity contribution in [1.82, 2.24) is 4.90 Å². The molecular formula is C29H32Cl2N2O2. The first-order chi connectivity index (χ1) is 17.1. The molecule has 1 N–H and O–H groups in total. The lowest BCUT2D eigenvalue weighted by molar-refractivity contribution is 0.0899. The number of anilines is 1. The Morgan fingerprint density at radius 1 is 0.971 bits per heavy atom. The molecule has 0 radical (unpaired) electrons. The summed E-state index contributed by atoms with van der Waals surface area (Å²) in [5.41, 5.74) is 2.61. The monoisotopic (exact) mass is 510 g/mol. The predicted molar refractivity (Wildman–Crippen MR) is 145 cm³/mol. The van der Waals surface area contributed by atoms with Gasteiger partial charge in [0.1, 0.15) is 0 Å². The maximum Gasteiger partial charge on any atom is 0.172 e. The van der Waals surface area contributed by atoms with Crippen LogP contribution in [0.1, 0.15) is 34.7 Å². The number of nitrogens with one attached hydrogen (secondary N) is 1. The second-order valence-corrected chi connectivity index (χ2v) is 9.90. The van der Waals surface area contributed by atoms with Gasteiger partial charge in [-0.15, -0.1) is 0 Å². The first kappa shape index (κ1) is 25.7. The summed E-state index contributed by atoms with van der Waals surface area (Å²) in [5, 5.41) is 4.73. The van der Waals surface area contributed by atoms with Crippen LogP contribution in [-0.2, 0) is 4.74 Å². The fourth-order valence-electron chi connectivity index (χ4n) is 4.97. The van der Waals surface area contributed by atoms with Crippen LogP contribution in [0.5, 0.6) is 0 Å². The number of Topliss-reactive ketones (excluding diaryl/α,β-unsaturated/α-hetero) is 1. The predicted octanol–water partition coefficient (Wildman–Crippen LogP) is 6.80. The number of benzene rings is 3. The lowest BCUT2D eigenvalue weighted by atomic mass is 9.75. The highest BCUT2D eigenvalue weighted by Gasteiger charge is 2.37. The molecule has 0 spiro atoms. The first-order valence-corrected chi connectivity index (χ1v) is 12.9. The van der Waals surface area contributed by atoms with Crippen LogP contribution in [0.15, 0.2) is 78.9 Å². The zero-order valence-corrected chi connectivity index (χ0v) is 21.5. The van der Waals surface area contributed by atoms with E-state index in [-0.39, 0.29) is 17.7 Å². The van der Waals surface area contributed by atoms with Crippen LogP contribution >= 0.6 is 23.2 Å². The fraction of sp³-hybridized carbons (Fsp3) is 0.345. The molecule has 184 valence electrons. The molecule has 0 bridgehead atoms. The number of likely N-dealkylation sites (tertiary alicyclic amines) is 1. The Kier molecular flexibility index (Phi) is 9.22. The third kappa shape index (κ3) is 6.65. The highest BCUT2D eigenvalue weighted by Crippen LogP contribution is 2.36. The van der Waals surface area contributed by atoms with Gasteiger partial charge in [-0.1, -0.05) is 83.9 Å². The Labute approximate surface area is 218 Å². The summed E-state index contributed by atoms with van der Waals surface area (Å²) < 4.78 is 5.27. The van der Waals surface area contributed by atoms with E-state index in [1.54, 1.807) is 13.2 Å². The van der Waals surface area contributed by atoms with Crippen molar-refractivity contribution in [2.45, 2.75) is 24.8 Å². The molecule has 4 rings (SSSR count).